The molecule has 3 unspecified atom stereocenters. The van der Waals surface area contributed by atoms with Gasteiger partial charge in [-0.3, -0.25) is 14.7 Å². The molecule has 0 aromatic carbocycles. The van der Waals surface area contributed by atoms with E-state index in [1.54, 1.807) is 0 Å². The van der Waals surface area contributed by atoms with E-state index in [4.69, 9.17) is 0 Å². The fourth-order valence-corrected chi connectivity index (χ4v) is 5.86. The minimum Gasteiger partial charge on any atom is -0.314 e. The van der Waals surface area contributed by atoms with Crippen molar-refractivity contribution >= 4 is 0 Å². The minimum absolute atomic E-state index is 0.540. The third-order valence-electron chi connectivity index (χ3n) is 7.11. The summed E-state index contributed by atoms with van der Waals surface area (Å²) in [6.07, 6.45) is 7.91. The Morgan fingerprint density at radius 2 is 1.71 bits per heavy atom. The summed E-state index contributed by atoms with van der Waals surface area (Å²) in [6.45, 7) is 7.10. The Morgan fingerprint density at radius 3 is 2.46 bits per heavy atom. The maximum Gasteiger partial charge on any atom is 0.100 e. The molecule has 4 rings (SSSR count). The van der Waals surface area contributed by atoms with Crippen molar-refractivity contribution in [1.82, 2.24) is 20.0 Å². The molecule has 4 nitrogen and oxygen atoms in total. The lowest BCUT2D eigenvalue weighted by Gasteiger charge is -2.40. The topological polar surface area (TPSA) is 21.8 Å². The van der Waals surface area contributed by atoms with Crippen LogP contribution >= 0.6 is 0 Å². The highest BCUT2D eigenvalue weighted by atomic mass is 19.1. The molecular formula is C19H35FN4. The Balaban J connectivity index is 1.51. The first-order chi connectivity index (χ1) is 11.7. The number of fused-ring (bicyclic) bond motifs is 1. The van der Waals surface area contributed by atoms with Crippen molar-refractivity contribution in [1.29, 1.82) is 0 Å². The van der Waals surface area contributed by atoms with E-state index in [1.807, 2.05) is 0 Å². The largest absolute Gasteiger partial charge is 0.314 e. The number of halogens is 1. The molecule has 24 heavy (non-hydrogen) atoms. The van der Waals surface area contributed by atoms with Crippen LogP contribution in [0.25, 0.3) is 0 Å². The van der Waals surface area contributed by atoms with Gasteiger partial charge in [-0.2, -0.15) is 0 Å². The van der Waals surface area contributed by atoms with Gasteiger partial charge >= 0.3 is 0 Å². The van der Waals surface area contributed by atoms with E-state index in [0.29, 0.717) is 24.2 Å². The van der Waals surface area contributed by atoms with Gasteiger partial charge in [0.2, 0.25) is 0 Å². The molecule has 0 aromatic rings. The number of hydrogen-bond acceptors (Lipinski definition) is 4. The standard InChI is InChI=1S/C19H35FN4/c1-22-18-4-2-3-11-24(18)17(14-23-12-9-21-10-13-23)19(22)15-5-7-16(20)8-6-15/h15-19,21H,2-14H2,1H3. The highest BCUT2D eigenvalue weighted by Gasteiger charge is 2.49. The predicted molar refractivity (Wildman–Crippen MR) is 95.8 cm³/mol. The molecule has 4 aliphatic rings. The van der Waals surface area contributed by atoms with Crippen LogP contribution in [-0.2, 0) is 0 Å². The molecule has 3 heterocycles. The summed E-state index contributed by atoms with van der Waals surface area (Å²) < 4.78 is 13.7. The van der Waals surface area contributed by atoms with Gasteiger partial charge in [-0.1, -0.05) is 0 Å². The maximum absolute atomic E-state index is 13.7. The first kappa shape index (κ1) is 17.2. The minimum atomic E-state index is -0.540. The molecule has 1 aliphatic carbocycles. The summed E-state index contributed by atoms with van der Waals surface area (Å²) in [4.78, 5) is 8.17. The van der Waals surface area contributed by atoms with Crippen molar-refractivity contribution in [2.75, 3.05) is 46.3 Å². The van der Waals surface area contributed by atoms with Crippen LogP contribution in [0.4, 0.5) is 4.39 Å². The quantitative estimate of drug-likeness (QED) is 0.849. The van der Waals surface area contributed by atoms with Crippen LogP contribution in [0.15, 0.2) is 0 Å². The van der Waals surface area contributed by atoms with Crippen LogP contribution in [-0.4, -0.2) is 85.4 Å². The average Bonchev–Trinajstić information content (AvgIpc) is 2.89. The molecular weight excluding hydrogens is 303 g/mol. The number of likely N-dealkylation sites (N-methyl/N-ethyl adjacent to an activating group) is 1. The number of alkyl halides is 1. The lowest BCUT2D eigenvalue weighted by molar-refractivity contribution is 0.0792. The Kier molecular flexibility index (Phi) is 5.42. The summed E-state index contributed by atoms with van der Waals surface area (Å²) in [5, 5.41) is 3.48. The van der Waals surface area contributed by atoms with Gasteiger partial charge in [0, 0.05) is 51.4 Å². The number of piperidine rings is 1. The van der Waals surface area contributed by atoms with E-state index < -0.39 is 6.17 Å². The second-order valence-electron chi connectivity index (χ2n) is 8.50. The third-order valence-corrected chi connectivity index (χ3v) is 7.11. The summed E-state index contributed by atoms with van der Waals surface area (Å²) in [5.41, 5.74) is 0. The van der Waals surface area contributed by atoms with Gasteiger partial charge in [0.1, 0.15) is 6.17 Å². The number of nitrogens with zero attached hydrogens (tertiary/aromatic N) is 3. The zero-order valence-corrected chi connectivity index (χ0v) is 15.3. The van der Waals surface area contributed by atoms with Gasteiger partial charge in [0.25, 0.3) is 0 Å². The van der Waals surface area contributed by atoms with Gasteiger partial charge < -0.3 is 5.32 Å². The molecule has 3 saturated heterocycles. The second kappa shape index (κ2) is 7.56. The van der Waals surface area contributed by atoms with Crippen molar-refractivity contribution in [2.24, 2.45) is 5.92 Å². The molecule has 1 saturated carbocycles. The van der Waals surface area contributed by atoms with Crippen molar-refractivity contribution in [2.45, 2.75) is 69.4 Å². The Bertz CT molecular complexity index is 406. The van der Waals surface area contributed by atoms with Gasteiger partial charge in [-0.15, -0.1) is 0 Å². The van der Waals surface area contributed by atoms with Crippen LogP contribution in [0, 0.1) is 5.92 Å². The van der Waals surface area contributed by atoms with Crippen molar-refractivity contribution < 1.29 is 4.39 Å². The third kappa shape index (κ3) is 3.37. The van der Waals surface area contributed by atoms with E-state index in [1.165, 1.54) is 45.4 Å². The first-order valence-electron chi connectivity index (χ1n) is 10.3. The number of rotatable bonds is 3. The Hall–Kier alpha value is -0.230. The molecule has 3 atom stereocenters. The second-order valence-corrected chi connectivity index (χ2v) is 8.50. The number of hydrogen-bond donors (Lipinski definition) is 1. The predicted octanol–water partition coefficient (Wildman–Crippen LogP) is 1.91. The van der Waals surface area contributed by atoms with Gasteiger partial charge in [0.15, 0.2) is 0 Å². The van der Waals surface area contributed by atoms with E-state index in [-0.39, 0.29) is 0 Å². The number of nitrogens with one attached hydrogen (secondary N) is 1. The molecule has 3 aliphatic heterocycles. The molecule has 4 fully saturated rings. The fraction of sp³-hybridized carbons (Fsp3) is 1.00. The van der Waals surface area contributed by atoms with Crippen LogP contribution in [0.1, 0.15) is 44.9 Å². The lowest BCUT2D eigenvalue weighted by atomic mass is 9.80. The lowest BCUT2D eigenvalue weighted by Crippen LogP contribution is -2.53. The van der Waals surface area contributed by atoms with E-state index in [2.05, 4.69) is 27.1 Å². The molecule has 0 aromatic heterocycles. The summed E-state index contributed by atoms with van der Waals surface area (Å²) in [7, 11) is 2.35. The van der Waals surface area contributed by atoms with E-state index in [0.717, 1.165) is 38.8 Å². The zero-order chi connectivity index (χ0) is 16.5. The summed E-state index contributed by atoms with van der Waals surface area (Å²) in [6, 6.07) is 1.29. The normalized spacial score (nSPS) is 43.0. The number of piperazine rings is 1. The maximum atomic E-state index is 13.7. The smallest absolute Gasteiger partial charge is 0.100 e. The Morgan fingerprint density at radius 1 is 0.958 bits per heavy atom. The molecule has 0 bridgehead atoms. The zero-order valence-electron chi connectivity index (χ0n) is 15.3. The van der Waals surface area contributed by atoms with Crippen LogP contribution in [0.2, 0.25) is 0 Å². The van der Waals surface area contributed by atoms with Crippen LogP contribution in [0.5, 0.6) is 0 Å². The van der Waals surface area contributed by atoms with Gasteiger partial charge in [-0.25, -0.2) is 4.39 Å². The molecule has 0 spiro atoms. The molecule has 0 radical (unpaired) electrons. The van der Waals surface area contributed by atoms with Crippen LogP contribution < -0.4 is 5.32 Å². The molecule has 1 N–H and O–H groups in total. The first-order valence-corrected chi connectivity index (χ1v) is 10.3. The molecule has 5 heteroatoms. The molecule has 0 amide bonds. The SMILES string of the molecule is CN1C(C2CCC(F)CC2)C(CN2CCNCC2)N2CCCCC12. The van der Waals surface area contributed by atoms with Gasteiger partial charge in [0.05, 0.1) is 6.17 Å². The monoisotopic (exact) mass is 338 g/mol. The average molecular weight is 339 g/mol. The highest BCUT2D eigenvalue weighted by molar-refractivity contribution is 5.03. The summed E-state index contributed by atoms with van der Waals surface area (Å²) in [5.74, 6) is 0.695. The van der Waals surface area contributed by atoms with Crippen molar-refractivity contribution in [3.05, 3.63) is 0 Å². The van der Waals surface area contributed by atoms with E-state index >= 15 is 0 Å². The van der Waals surface area contributed by atoms with Crippen molar-refractivity contribution in [3.63, 3.8) is 0 Å². The fourth-order valence-electron chi connectivity index (χ4n) is 5.86. The van der Waals surface area contributed by atoms with Crippen LogP contribution in [0.3, 0.4) is 0 Å². The molecule has 138 valence electrons. The van der Waals surface area contributed by atoms with E-state index in [9.17, 15) is 4.39 Å². The van der Waals surface area contributed by atoms with Crippen molar-refractivity contribution in [3.8, 4) is 0 Å². The summed E-state index contributed by atoms with van der Waals surface area (Å²) >= 11 is 0. The Labute approximate surface area is 146 Å². The van der Waals surface area contributed by atoms with Gasteiger partial charge in [-0.05, 0) is 57.9 Å². The highest BCUT2D eigenvalue weighted by Crippen LogP contribution is 2.40.